The summed E-state index contributed by atoms with van der Waals surface area (Å²) in [4.78, 5) is 22.9. The number of carboxylic acids is 1. The predicted molar refractivity (Wildman–Crippen MR) is 102 cm³/mol. The molecule has 0 amide bonds. The van der Waals surface area contributed by atoms with Crippen molar-refractivity contribution < 1.29 is 9.90 Å². The first-order valence-electron chi connectivity index (χ1n) is 7.98. The number of aliphatic carboxylic acids is 1. The highest BCUT2D eigenvalue weighted by Gasteiger charge is 2.20. The maximum absolute atomic E-state index is 11.0. The number of hydrogen-bond acceptors (Lipinski definition) is 6. The van der Waals surface area contributed by atoms with E-state index in [2.05, 4.69) is 41.2 Å². The Kier molecular flexibility index (Phi) is 5.93. The van der Waals surface area contributed by atoms with Crippen LogP contribution in [0.1, 0.15) is 11.1 Å². The van der Waals surface area contributed by atoms with Crippen LogP contribution < -0.4 is 4.90 Å². The Morgan fingerprint density at radius 1 is 1.24 bits per heavy atom. The van der Waals surface area contributed by atoms with Gasteiger partial charge in [0.1, 0.15) is 0 Å². The number of hydrogen-bond donors (Lipinski definition) is 1. The molecule has 0 unspecified atom stereocenters. The van der Waals surface area contributed by atoms with Crippen LogP contribution in [0.3, 0.4) is 0 Å². The molecule has 0 atom stereocenters. The van der Waals surface area contributed by atoms with Crippen LogP contribution in [-0.4, -0.2) is 51.5 Å². The zero-order valence-corrected chi connectivity index (χ0v) is 16.3. The summed E-state index contributed by atoms with van der Waals surface area (Å²) in [6.07, 6.45) is 3.59. The average Bonchev–Trinajstić information content (AvgIpc) is 2.59. The van der Waals surface area contributed by atoms with Crippen molar-refractivity contribution in [1.82, 2.24) is 14.3 Å². The van der Waals surface area contributed by atoms with E-state index in [1.807, 2.05) is 19.1 Å². The zero-order chi connectivity index (χ0) is 17.8. The van der Waals surface area contributed by atoms with Crippen molar-refractivity contribution in [3.05, 3.63) is 46.2 Å². The standard InChI is InChI=1S/C17H19BrN4O2S/c1-12-2-3-15(8-13(12)9-16(23)24)25-22-6-4-21(5-7-22)17-19-10-14(18)11-20-17/h2-3,8,10-11H,4-7,9H2,1H3,(H,23,24). The van der Waals surface area contributed by atoms with Crippen molar-refractivity contribution in [3.63, 3.8) is 0 Å². The Hall–Kier alpha value is -1.64. The fraction of sp³-hybridized carbons (Fsp3) is 0.353. The number of piperazine rings is 1. The van der Waals surface area contributed by atoms with Gasteiger partial charge in [0.15, 0.2) is 0 Å². The van der Waals surface area contributed by atoms with Gasteiger partial charge in [-0.05, 0) is 58.1 Å². The van der Waals surface area contributed by atoms with E-state index in [4.69, 9.17) is 5.11 Å². The number of aromatic nitrogens is 2. The van der Waals surface area contributed by atoms with Gasteiger partial charge in [-0.3, -0.25) is 4.79 Å². The van der Waals surface area contributed by atoms with E-state index in [0.29, 0.717) is 0 Å². The fourth-order valence-electron chi connectivity index (χ4n) is 2.66. The molecule has 1 aliphatic rings. The third-order valence-electron chi connectivity index (χ3n) is 4.02. The number of anilines is 1. The molecule has 1 aromatic carbocycles. The summed E-state index contributed by atoms with van der Waals surface area (Å²) in [6.45, 7) is 5.47. The molecule has 2 heterocycles. The predicted octanol–water partition coefficient (Wildman–Crippen LogP) is 3.00. The molecule has 0 aliphatic carbocycles. The monoisotopic (exact) mass is 422 g/mol. The largest absolute Gasteiger partial charge is 0.481 e. The van der Waals surface area contributed by atoms with Crippen LogP contribution in [0.25, 0.3) is 0 Å². The van der Waals surface area contributed by atoms with Gasteiger partial charge in [0, 0.05) is 43.5 Å². The summed E-state index contributed by atoms with van der Waals surface area (Å²) in [7, 11) is 0. The lowest BCUT2D eigenvalue weighted by molar-refractivity contribution is -0.136. The van der Waals surface area contributed by atoms with Crippen molar-refractivity contribution in [3.8, 4) is 0 Å². The molecule has 0 saturated carbocycles. The summed E-state index contributed by atoms with van der Waals surface area (Å²) in [5.74, 6) is -0.0414. The summed E-state index contributed by atoms with van der Waals surface area (Å²) in [5.41, 5.74) is 1.89. The number of rotatable bonds is 5. The molecule has 2 aromatic rings. The number of carboxylic acid groups (broad SMARTS) is 1. The molecule has 0 bridgehead atoms. The first-order valence-corrected chi connectivity index (χ1v) is 9.54. The van der Waals surface area contributed by atoms with E-state index in [0.717, 1.165) is 52.6 Å². The van der Waals surface area contributed by atoms with Crippen molar-refractivity contribution in [2.24, 2.45) is 0 Å². The third kappa shape index (κ3) is 4.93. The van der Waals surface area contributed by atoms with E-state index < -0.39 is 5.97 Å². The number of halogens is 1. The van der Waals surface area contributed by atoms with Crippen LogP contribution in [0.15, 0.2) is 40.0 Å². The van der Waals surface area contributed by atoms with Crippen LogP contribution in [-0.2, 0) is 11.2 Å². The number of nitrogens with zero attached hydrogens (tertiary/aromatic N) is 4. The Labute approximate surface area is 159 Å². The normalized spacial score (nSPS) is 15.4. The molecule has 25 heavy (non-hydrogen) atoms. The topological polar surface area (TPSA) is 69.6 Å². The molecular weight excluding hydrogens is 404 g/mol. The average molecular weight is 423 g/mol. The zero-order valence-electron chi connectivity index (χ0n) is 13.9. The molecule has 6 nitrogen and oxygen atoms in total. The molecule has 8 heteroatoms. The minimum Gasteiger partial charge on any atom is -0.481 e. The molecule has 1 aromatic heterocycles. The highest BCUT2D eigenvalue weighted by molar-refractivity contribution is 9.10. The highest BCUT2D eigenvalue weighted by Crippen LogP contribution is 2.27. The van der Waals surface area contributed by atoms with Crippen LogP contribution in [0, 0.1) is 6.92 Å². The first kappa shape index (κ1) is 18.2. The minimum atomic E-state index is -0.798. The van der Waals surface area contributed by atoms with E-state index in [-0.39, 0.29) is 6.42 Å². The molecule has 1 saturated heterocycles. The summed E-state index contributed by atoms with van der Waals surface area (Å²) in [5, 5.41) is 9.02. The molecule has 1 aliphatic heterocycles. The van der Waals surface area contributed by atoms with Crippen molar-refractivity contribution >= 4 is 39.8 Å². The molecule has 132 valence electrons. The van der Waals surface area contributed by atoms with E-state index in [1.165, 1.54) is 0 Å². The van der Waals surface area contributed by atoms with Gasteiger partial charge in [0.2, 0.25) is 5.95 Å². The lowest BCUT2D eigenvalue weighted by Crippen LogP contribution is -2.44. The van der Waals surface area contributed by atoms with Crippen LogP contribution in [0.2, 0.25) is 0 Å². The third-order valence-corrected chi connectivity index (χ3v) is 5.52. The van der Waals surface area contributed by atoms with Crippen LogP contribution in [0.5, 0.6) is 0 Å². The Bertz CT molecular complexity index is 749. The molecule has 3 rings (SSSR count). The molecule has 0 spiro atoms. The van der Waals surface area contributed by atoms with Gasteiger partial charge in [-0.15, -0.1) is 0 Å². The Balaban J connectivity index is 1.58. The maximum atomic E-state index is 11.0. The van der Waals surface area contributed by atoms with Gasteiger partial charge in [0.05, 0.1) is 10.9 Å². The maximum Gasteiger partial charge on any atom is 0.307 e. The number of benzene rings is 1. The van der Waals surface area contributed by atoms with Gasteiger partial charge in [-0.25, -0.2) is 14.3 Å². The van der Waals surface area contributed by atoms with E-state index in [1.54, 1.807) is 24.3 Å². The molecule has 0 radical (unpaired) electrons. The minimum absolute atomic E-state index is 0.0644. The second kappa shape index (κ2) is 8.16. The molecule has 1 fully saturated rings. The fourth-order valence-corrected chi connectivity index (χ4v) is 3.83. The van der Waals surface area contributed by atoms with Crippen LogP contribution in [0.4, 0.5) is 5.95 Å². The SMILES string of the molecule is Cc1ccc(SN2CCN(c3ncc(Br)cn3)CC2)cc1CC(=O)O. The van der Waals surface area contributed by atoms with Gasteiger partial charge in [-0.2, -0.15) is 0 Å². The number of aryl methyl sites for hydroxylation is 1. The smallest absolute Gasteiger partial charge is 0.307 e. The molecular formula is C17H19BrN4O2S. The second-order valence-electron chi connectivity index (χ2n) is 5.87. The Morgan fingerprint density at radius 2 is 1.92 bits per heavy atom. The summed E-state index contributed by atoms with van der Waals surface area (Å²) < 4.78 is 3.17. The summed E-state index contributed by atoms with van der Waals surface area (Å²) >= 11 is 5.03. The number of carbonyl (C=O) groups is 1. The molecule has 1 N–H and O–H groups in total. The first-order chi connectivity index (χ1) is 12.0. The van der Waals surface area contributed by atoms with E-state index >= 15 is 0 Å². The quantitative estimate of drug-likeness (QED) is 0.742. The summed E-state index contributed by atoms with van der Waals surface area (Å²) in [6, 6.07) is 6.03. The second-order valence-corrected chi connectivity index (χ2v) is 7.95. The van der Waals surface area contributed by atoms with Gasteiger partial charge in [-0.1, -0.05) is 6.07 Å². The van der Waals surface area contributed by atoms with Crippen molar-refractivity contribution in [1.29, 1.82) is 0 Å². The van der Waals surface area contributed by atoms with Crippen molar-refractivity contribution in [2.75, 3.05) is 31.1 Å². The lowest BCUT2D eigenvalue weighted by Gasteiger charge is -2.33. The lowest BCUT2D eigenvalue weighted by atomic mass is 10.1. The Morgan fingerprint density at radius 3 is 2.56 bits per heavy atom. The highest BCUT2D eigenvalue weighted by atomic mass is 79.9. The van der Waals surface area contributed by atoms with Crippen molar-refractivity contribution in [2.45, 2.75) is 18.2 Å². The van der Waals surface area contributed by atoms with Gasteiger partial charge in [0.25, 0.3) is 0 Å². The van der Waals surface area contributed by atoms with Crippen LogP contribution >= 0.6 is 27.9 Å². The van der Waals surface area contributed by atoms with E-state index in [9.17, 15) is 4.79 Å². The van der Waals surface area contributed by atoms with Gasteiger partial charge >= 0.3 is 5.97 Å². The van der Waals surface area contributed by atoms with Gasteiger partial charge < -0.3 is 10.0 Å².